The lowest BCUT2D eigenvalue weighted by molar-refractivity contribution is -0.121. The summed E-state index contributed by atoms with van der Waals surface area (Å²) in [5, 5.41) is 3.27. The average molecular weight is 418 g/mol. The quantitative estimate of drug-likeness (QED) is 0.669. The molecule has 6 nitrogen and oxygen atoms in total. The summed E-state index contributed by atoms with van der Waals surface area (Å²) in [4.78, 5) is 38.3. The number of rotatable bonds is 6. The minimum atomic E-state index is -0.530. The number of carbonyl (C=O) groups excluding carboxylic acids is 1. The molecule has 29 heavy (non-hydrogen) atoms. The second-order valence-corrected chi connectivity index (χ2v) is 7.24. The smallest absolute Gasteiger partial charge is 0.332 e. The Kier molecular flexibility index (Phi) is 6.17. The molecule has 2 aromatic carbocycles. The van der Waals surface area contributed by atoms with E-state index in [-0.39, 0.29) is 29.7 Å². The number of carbonyl (C=O) groups is 1. The molecule has 8 heteroatoms. The van der Waals surface area contributed by atoms with Gasteiger partial charge in [0.1, 0.15) is 12.4 Å². The summed E-state index contributed by atoms with van der Waals surface area (Å²) in [5.74, 6) is -0.887. The van der Waals surface area contributed by atoms with Crippen LogP contribution in [0.2, 0.25) is 5.02 Å². The zero-order valence-electron chi connectivity index (χ0n) is 16.1. The number of para-hydroxylation sites is 1. The lowest BCUT2D eigenvalue weighted by atomic mass is 10.2. The third-order valence-corrected chi connectivity index (χ3v) is 5.26. The van der Waals surface area contributed by atoms with Gasteiger partial charge in [-0.25, -0.2) is 9.18 Å². The largest absolute Gasteiger partial charge is 0.350 e. The van der Waals surface area contributed by atoms with Crippen LogP contribution in [0, 0.1) is 5.82 Å². The molecule has 1 heterocycles. The fraction of sp³-hybridized carbons (Fsp3) is 0.286. The number of amides is 1. The minimum Gasteiger partial charge on any atom is -0.350 e. The van der Waals surface area contributed by atoms with E-state index in [1.54, 1.807) is 31.2 Å². The molecule has 0 spiro atoms. The fourth-order valence-corrected chi connectivity index (χ4v) is 3.36. The maximum atomic E-state index is 13.2. The number of halogens is 2. The maximum Gasteiger partial charge on any atom is 0.332 e. The Labute approximate surface area is 171 Å². The Balaban J connectivity index is 1.94. The van der Waals surface area contributed by atoms with Crippen LogP contribution >= 0.6 is 11.6 Å². The van der Waals surface area contributed by atoms with Crippen LogP contribution in [-0.4, -0.2) is 15.0 Å². The molecular weight excluding hydrogens is 397 g/mol. The van der Waals surface area contributed by atoms with Gasteiger partial charge in [-0.3, -0.25) is 18.7 Å². The summed E-state index contributed by atoms with van der Waals surface area (Å²) in [5.41, 5.74) is 0.0629. The second-order valence-electron chi connectivity index (χ2n) is 6.83. The average Bonchev–Trinajstić information content (AvgIpc) is 2.70. The van der Waals surface area contributed by atoms with Gasteiger partial charge in [0.15, 0.2) is 0 Å². The lowest BCUT2D eigenvalue weighted by Crippen LogP contribution is -2.43. The summed E-state index contributed by atoms with van der Waals surface area (Å²) in [7, 11) is 0. The number of benzene rings is 2. The van der Waals surface area contributed by atoms with Crippen molar-refractivity contribution in [2.24, 2.45) is 0 Å². The van der Waals surface area contributed by atoms with Crippen molar-refractivity contribution in [3.63, 3.8) is 0 Å². The predicted molar refractivity (Wildman–Crippen MR) is 111 cm³/mol. The normalized spacial score (nSPS) is 12.1. The summed E-state index contributed by atoms with van der Waals surface area (Å²) in [6.45, 7) is 3.51. The van der Waals surface area contributed by atoms with Crippen LogP contribution in [0.1, 0.15) is 31.9 Å². The molecule has 1 atom stereocenters. The van der Waals surface area contributed by atoms with Gasteiger partial charge in [0, 0.05) is 17.6 Å². The standard InChI is InChI=1S/C21H21ClFN3O3/c1-3-13(2)26-20(28)16-6-4-5-7-18(16)25(21(26)29)12-19(27)24-11-14-8-9-15(23)10-17(14)22/h4-10,13H,3,11-12H2,1-2H3,(H,24,27)/t13-/m1/s1. The summed E-state index contributed by atoms with van der Waals surface area (Å²) < 4.78 is 15.6. The van der Waals surface area contributed by atoms with Gasteiger partial charge in [-0.15, -0.1) is 0 Å². The highest BCUT2D eigenvalue weighted by Crippen LogP contribution is 2.17. The summed E-state index contributed by atoms with van der Waals surface area (Å²) in [6.07, 6.45) is 0.600. The van der Waals surface area contributed by atoms with E-state index in [9.17, 15) is 18.8 Å². The van der Waals surface area contributed by atoms with Crippen molar-refractivity contribution in [3.8, 4) is 0 Å². The van der Waals surface area contributed by atoms with E-state index < -0.39 is 17.4 Å². The molecule has 0 aliphatic heterocycles. The summed E-state index contributed by atoms with van der Waals surface area (Å²) >= 11 is 5.98. The molecular formula is C21H21ClFN3O3. The molecule has 3 rings (SSSR count). The molecule has 1 aromatic heterocycles. The number of nitrogens with zero attached hydrogens (tertiary/aromatic N) is 2. The molecule has 0 saturated heterocycles. The molecule has 0 radical (unpaired) electrons. The van der Waals surface area contributed by atoms with E-state index in [0.717, 1.165) is 0 Å². The van der Waals surface area contributed by atoms with Crippen LogP contribution in [0.4, 0.5) is 4.39 Å². The molecule has 0 bridgehead atoms. The van der Waals surface area contributed by atoms with Crippen molar-refractivity contribution in [2.45, 2.75) is 39.4 Å². The highest BCUT2D eigenvalue weighted by molar-refractivity contribution is 6.31. The first-order valence-corrected chi connectivity index (χ1v) is 9.66. The van der Waals surface area contributed by atoms with Gasteiger partial charge in [0.25, 0.3) is 5.56 Å². The molecule has 0 unspecified atom stereocenters. The Hall–Kier alpha value is -2.93. The Morgan fingerprint density at radius 3 is 2.62 bits per heavy atom. The molecule has 3 aromatic rings. The van der Waals surface area contributed by atoms with E-state index in [0.29, 0.717) is 22.9 Å². The third-order valence-electron chi connectivity index (χ3n) is 4.91. The van der Waals surface area contributed by atoms with Crippen molar-refractivity contribution in [2.75, 3.05) is 0 Å². The Morgan fingerprint density at radius 1 is 1.21 bits per heavy atom. The van der Waals surface area contributed by atoms with Crippen molar-refractivity contribution in [3.05, 3.63) is 79.7 Å². The van der Waals surface area contributed by atoms with E-state index in [1.165, 1.54) is 27.3 Å². The van der Waals surface area contributed by atoms with Crippen molar-refractivity contribution in [1.29, 1.82) is 0 Å². The fourth-order valence-electron chi connectivity index (χ4n) is 3.12. The Morgan fingerprint density at radius 2 is 1.93 bits per heavy atom. The van der Waals surface area contributed by atoms with Gasteiger partial charge < -0.3 is 5.32 Å². The highest BCUT2D eigenvalue weighted by Gasteiger charge is 2.18. The minimum absolute atomic E-state index is 0.0929. The van der Waals surface area contributed by atoms with Crippen LogP contribution in [0.15, 0.2) is 52.1 Å². The third kappa shape index (κ3) is 4.24. The van der Waals surface area contributed by atoms with E-state index in [4.69, 9.17) is 11.6 Å². The molecule has 1 amide bonds. The van der Waals surface area contributed by atoms with E-state index in [2.05, 4.69) is 5.32 Å². The van der Waals surface area contributed by atoms with E-state index in [1.807, 2.05) is 6.92 Å². The molecule has 0 aliphatic rings. The van der Waals surface area contributed by atoms with Crippen LogP contribution in [0.3, 0.4) is 0 Å². The first-order chi connectivity index (χ1) is 13.8. The van der Waals surface area contributed by atoms with Gasteiger partial charge >= 0.3 is 5.69 Å². The first-order valence-electron chi connectivity index (χ1n) is 9.28. The molecule has 152 valence electrons. The van der Waals surface area contributed by atoms with E-state index >= 15 is 0 Å². The summed E-state index contributed by atoms with van der Waals surface area (Å²) in [6, 6.07) is 10.3. The van der Waals surface area contributed by atoms with Crippen LogP contribution in [0.25, 0.3) is 10.9 Å². The predicted octanol–water partition coefficient (Wildman–Crippen LogP) is 3.24. The maximum absolute atomic E-state index is 13.2. The number of nitrogens with one attached hydrogen (secondary N) is 1. The number of hydrogen-bond acceptors (Lipinski definition) is 3. The molecule has 0 saturated carbocycles. The molecule has 0 aliphatic carbocycles. The van der Waals surface area contributed by atoms with Gasteiger partial charge in [-0.05, 0) is 43.2 Å². The SMILES string of the molecule is CC[C@@H](C)n1c(=O)c2ccccc2n(CC(=O)NCc2ccc(F)cc2Cl)c1=O. The van der Waals surface area contributed by atoms with Gasteiger partial charge in [-0.2, -0.15) is 0 Å². The van der Waals surface area contributed by atoms with Gasteiger partial charge in [0.05, 0.1) is 10.9 Å². The molecule has 0 fully saturated rings. The van der Waals surface area contributed by atoms with Crippen LogP contribution < -0.4 is 16.6 Å². The van der Waals surface area contributed by atoms with Gasteiger partial charge in [0.2, 0.25) is 5.91 Å². The van der Waals surface area contributed by atoms with Crippen LogP contribution in [-0.2, 0) is 17.9 Å². The monoisotopic (exact) mass is 417 g/mol. The van der Waals surface area contributed by atoms with Crippen molar-refractivity contribution in [1.82, 2.24) is 14.5 Å². The lowest BCUT2D eigenvalue weighted by Gasteiger charge is -2.17. The van der Waals surface area contributed by atoms with Gasteiger partial charge in [-0.1, -0.05) is 36.7 Å². The first kappa shape index (κ1) is 20.8. The van der Waals surface area contributed by atoms with Crippen molar-refractivity contribution < 1.29 is 9.18 Å². The Bertz CT molecular complexity index is 1190. The topological polar surface area (TPSA) is 73.1 Å². The number of hydrogen-bond donors (Lipinski definition) is 1. The number of fused-ring (bicyclic) bond motifs is 1. The molecule has 1 N–H and O–H groups in total. The zero-order valence-corrected chi connectivity index (χ0v) is 16.9. The zero-order chi connectivity index (χ0) is 21.1. The van der Waals surface area contributed by atoms with Crippen molar-refractivity contribution >= 4 is 28.4 Å². The van der Waals surface area contributed by atoms with Crippen LogP contribution in [0.5, 0.6) is 0 Å². The highest BCUT2D eigenvalue weighted by atomic mass is 35.5. The second kappa shape index (κ2) is 8.61. The number of aromatic nitrogens is 2.